The summed E-state index contributed by atoms with van der Waals surface area (Å²) in [5, 5.41) is 9.37. The molecule has 2 bridgehead atoms. The first-order valence-electron chi connectivity index (χ1n) is 8.68. The standard InChI is InChI=1S/C19H27NO3/c1-13-15-3-4-16(11-15)18(13)12-20(9-10-21)19(22)14-5-7-17(23-2)8-6-14/h5-8,13,15-16,18,21H,3-4,9-12H2,1-2H3. The predicted molar refractivity (Wildman–Crippen MR) is 89.5 cm³/mol. The van der Waals surface area contributed by atoms with Gasteiger partial charge in [-0.15, -0.1) is 0 Å². The number of carbonyl (C=O) groups is 1. The molecule has 2 aliphatic rings. The van der Waals surface area contributed by atoms with Crippen LogP contribution in [0.25, 0.3) is 0 Å². The second kappa shape index (κ2) is 6.91. The van der Waals surface area contributed by atoms with Gasteiger partial charge in [0.05, 0.1) is 13.7 Å². The van der Waals surface area contributed by atoms with E-state index in [-0.39, 0.29) is 12.5 Å². The van der Waals surface area contributed by atoms with Crippen LogP contribution in [0.1, 0.15) is 36.5 Å². The molecule has 1 aromatic carbocycles. The number of carbonyl (C=O) groups excluding carboxylic acids is 1. The van der Waals surface area contributed by atoms with Gasteiger partial charge < -0.3 is 14.7 Å². The monoisotopic (exact) mass is 317 g/mol. The molecule has 2 fully saturated rings. The van der Waals surface area contributed by atoms with Crippen LogP contribution in [0.15, 0.2) is 24.3 Å². The molecule has 0 radical (unpaired) electrons. The Bertz CT molecular complexity index is 540. The van der Waals surface area contributed by atoms with Gasteiger partial charge in [0.15, 0.2) is 0 Å². The fraction of sp³-hybridized carbons (Fsp3) is 0.632. The Balaban J connectivity index is 1.71. The van der Waals surface area contributed by atoms with Gasteiger partial charge in [0.1, 0.15) is 5.75 Å². The van der Waals surface area contributed by atoms with Gasteiger partial charge >= 0.3 is 0 Å². The molecule has 3 rings (SSSR count). The molecule has 2 saturated carbocycles. The van der Waals surface area contributed by atoms with Crippen molar-refractivity contribution in [3.05, 3.63) is 29.8 Å². The second-order valence-corrected chi connectivity index (χ2v) is 7.06. The van der Waals surface area contributed by atoms with Crippen molar-refractivity contribution in [2.45, 2.75) is 26.2 Å². The van der Waals surface area contributed by atoms with Crippen molar-refractivity contribution in [3.8, 4) is 5.75 Å². The summed E-state index contributed by atoms with van der Waals surface area (Å²) in [6.45, 7) is 3.53. The van der Waals surface area contributed by atoms with E-state index in [9.17, 15) is 9.90 Å². The zero-order valence-electron chi connectivity index (χ0n) is 14.1. The average molecular weight is 317 g/mol. The fourth-order valence-corrected chi connectivity index (χ4v) is 4.58. The lowest BCUT2D eigenvalue weighted by molar-refractivity contribution is 0.0633. The number of nitrogens with zero attached hydrogens (tertiary/aromatic N) is 1. The van der Waals surface area contributed by atoms with Crippen LogP contribution >= 0.6 is 0 Å². The van der Waals surface area contributed by atoms with Gasteiger partial charge in [-0.1, -0.05) is 6.92 Å². The molecule has 0 spiro atoms. The third kappa shape index (κ3) is 3.23. The summed E-state index contributed by atoms with van der Waals surface area (Å²) in [7, 11) is 1.62. The molecule has 0 saturated heterocycles. The van der Waals surface area contributed by atoms with Crippen molar-refractivity contribution >= 4 is 5.91 Å². The van der Waals surface area contributed by atoms with Gasteiger partial charge in [0.2, 0.25) is 0 Å². The maximum atomic E-state index is 12.8. The lowest BCUT2D eigenvalue weighted by Gasteiger charge is -2.33. The summed E-state index contributed by atoms with van der Waals surface area (Å²) in [4.78, 5) is 14.6. The Morgan fingerprint density at radius 2 is 1.96 bits per heavy atom. The number of amides is 1. The van der Waals surface area contributed by atoms with E-state index in [1.807, 2.05) is 17.0 Å². The largest absolute Gasteiger partial charge is 0.497 e. The number of hydrogen-bond donors (Lipinski definition) is 1. The maximum absolute atomic E-state index is 12.8. The SMILES string of the molecule is COc1ccc(C(=O)N(CCO)CC2C3CCC(C3)C2C)cc1. The Labute approximate surface area is 138 Å². The minimum atomic E-state index is 0.0108. The molecule has 126 valence electrons. The van der Waals surface area contributed by atoms with Crippen molar-refractivity contribution in [1.82, 2.24) is 4.90 Å². The third-order valence-corrected chi connectivity index (χ3v) is 5.96. The fourth-order valence-electron chi connectivity index (χ4n) is 4.58. The number of aliphatic hydroxyl groups is 1. The maximum Gasteiger partial charge on any atom is 0.253 e. The van der Waals surface area contributed by atoms with E-state index in [0.717, 1.165) is 24.1 Å². The number of fused-ring (bicyclic) bond motifs is 2. The quantitative estimate of drug-likeness (QED) is 0.878. The normalized spacial score (nSPS) is 28.8. The summed E-state index contributed by atoms with van der Waals surface area (Å²) in [6, 6.07) is 7.22. The molecule has 1 N–H and O–H groups in total. The number of rotatable bonds is 6. The molecule has 0 heterocycles. The van der Waals surface area contributed by atoms with E-state index in [0.29, 0.717) is 23.9 Å². The van der Waals surface area contributed by atoms with E-state index in [1.54, 1.807) is 19.2 Å². The molecule has 1 aromatic rings. The number of hydrogen-bond acceptors (Lipinski definition) is 3. The molecule has 0 aliphatic heterocycles. The molecule has 4 unspecified atom stereocenters. The summed E-state index contributed by atoms with van der Waals surface area (Å²) >= 11 is 0. The second-order valence-electron chi connectivity index (χ2n) is 7.06. The lowest BCUT2D eigenvalue weighted by Crippen LogP contribution is -2.40. The first-order valence-corrected chi connectivity index (χ1v) is 8.68. The predicted octanol–water partition coefficient (Wildman–Crippen LogP) is 2.81. The highest BCUT2D eigenvalue weighted by Crippen LogP contribution is 2.52. The Kier molecular flexibility index (Phi) is 4.90. The molecular weight excluding hydrogens is 290 g/mol. The van der Waals surface area contributed by atoms with E-state index >= 15 is 0 Å². The van der Waals surface area contributed by atoms with Gasteiger partial charge in [-0.3, -0.25) is 4.79 Å². The highest BCUT2D eigenvalue weighted by molar-refractivity contribution is 5.94. The molecular formula is C19H27NO3. The highest BCUT2D eigenvalue weighted by atomic mass is 16.5. The molecule has 0 aromatic heterocycles. The number of ether oxygens (including phenoxy) is 1. The summed E-state index contributed by atoms with van der Waals surface area (Å²) in [5.41, 5.74) is 0.662. The van der Waals surface area contributed by atoms with Crippen LogP contribution in [-0.4, -0.2) is 42.7 Å². The van der Waals surface area contributed by atoms with Crippen molar-refractivity contribution in [1.29, 1.82) is 0 Å². The summed E-state index contributed by atoms with van der Waals surface area (Å²) in [5.74, 6) is 3.65. The van der Waals surface area contributed by atoms with Gasteiger partial charge in [-0.05, 0) is 67.2 Å². The Hall–Kier alpha value is -1.55. The molecule has 23 heavy (non-hydrogen) atoms. The third-order valence-electron chi connectivity index (χ3n) is 5.96. The summed E-state index contributed by atoms with van der Waals surface area (Å²) < 4.78 is 5.15. The average Bonchev–Trinajstić information content (AvgIpc) is 3.17. The molecule has 4 atom stereocenters. The Morgan fingerprint density at radius 3 is 2.52 bits per heavy atom. The van der Waals surface area contributed by atoms with Gasteiger partial charge in [-0.25, -0.2) is 0 Å². The van der Waals surface area contributed by atoms with Crippen molar-refractivity contribution in [3.63, 3.8) is 0 Å². The van der Waals surface area contributed by atoms with Crippen LogP contribution in [-0.2, 0) is 0 Å². The first-order chi connectivity index (χ1) is 11.1. The van der Waals surface area contributed by atoms with Crippen LogP contribution in [0.5, 0.6) is 5.75 Å². The molecule has 4 heteroatoms. The smallest absolute Gasteiger partial charge is 0.253 e. The lowest BCUT2D eigenvalue weighted by atomic mass is 9.80. The highest BCUT2D eigenvalue weighted by Gasteiger charge is 2.45. The van der Waals surface area contributed by atoms with Crippen molar-refractivity contribution in [2.75, 3.05) is 26.8 Å². The first kappa shape index (κ1) is 16.3. The summed E-state index contributed by atoms with van der Waals surface area (Å²) in [6.07, 6.45) is 3.99. The van der Waals surface area contributed by atoms with Crippen LogP contribution < -0.4 is 4.74 Å². The van der Waals surface area contributed by atoms with E-state index in [4.69, 9.17) is 4.74 Å². The Morgan fingerprint density at radius 1 is 1.26 bits per heavy atom. The molecule has 4 nitrogen and oxygen atoms in total. The molecule has 1 amide bonds. The van der Waals surface area contributed by atoms with Crippen LogP contribution in [0.2, 0.25) is 0 Å². The topological polar surface area (TPSA) is 49.8 Å². The number of methoxy groups -OCH3 is 1. The van der Waals surface area contributed by atoms with Crippen molar-refractivity contribution in [2.24, 2.45) is 23.7 Å². The van der Waals surface area contributed by atoms with Crippen LogP contribution in [0.4, 0.5) is 0 Å². The number of benzene rings is 1. The van der Waals surface area contributed by atoms with E-state index in [2.05, 4.69) is 6.92 Å². The van der Waals surface area contributed by atoms with E-state index in [1.165, 1.54) is 19.3 Å². The zero-order valence-corrected chi connectivity index (χ0v) is 14.1. The minimum absolute atomic E-state index is 0.0108. The van der Waals surface area contributed by atoms with Crippen molar-refractivity contribution < 1.29 is 14.6 Å². The van der Waals surface area contributed by atoms with Gasteiger partial charge in [0.25, 0.3) is 5.91 Å². The molecule has 2 aliphatic carbocycles. The van der Waals surface area contributed by atoms with Gasteiger partial charge in [-0.2, -0.15) is 0 Å². The number of aliphatic hydroxyl groups excluding tert-OH is 1. The van der Waals surface area contributed by atoms with Gasteiger partial charge in [0, 0.05) is 18.7 Å². The minimum Gasteiger partial charge on any atom is -0.497 e. The van der Waals surface area contributed by atoms with Crippen LogP contribution in [0, 0.1) is 23.7 Å². The van der Waals surface area contributed by atoms with Crippen LogP contribution in [0.3, 0.4) is 0 Å². The zero-order chi connectivity index (χ0) is 16.4. The van der Waals surface area contributed by atoms with E-state index < -0.39 is 0 Å².